The molecule has 41 heavy (non-hydrogen) atoms. The molecule has 2 aliphatic heterocycles. The predicted octanol–water partition coefficient (Wildman–Crippen LogP) is 6.06. The van der Waals surface area contributed by atoms with Gasteiger partial charge in [-0.1, -0.05) is 0 Å². The van der Waals surface area contributed by atoms with Crippen molar-refractivity contribution in [1.29, 1.82) is 0 Å². The van der Waals surface area contributed by atoms with Crippen LogP contribution in [0.4, 0.5) is 29.5 Å². The maximum Gasteiger partial charge on any atom is 0.309 e. The standard InChI is InChI=1S/C24H32N8O3S.ClH.4H3N.4H2/c1-17-18(2)35-24(25-17)30-36(33,34)20-11-9-19(10-12-20)26-21-27-22(31-13-5-3-6-14-31)29-23(28-21)32-15-7-4-8-16-32;;;;;;;;;/h9-12H,3-8,13-16H2,1-2H3,(H,25,30)(H,26,27,28,29);1H;4*1H3;4*1H. The van der Waals surface area contributed by atoms with Crippen molar-refractivity contribution >= 4 is 52.0 Å². The summed E-state index contributed by atoms with van der Waals surface area (Å²) >= 11 is 0. The molecule has 1 aromatic carbocycles. The molecule has 0 amide bonds. The number of rotatable bonds is 7. The number of aryl methyl sites for hydroxylation is 2. The van der Waals surface area contributed by atoms with E-state index in [1.807, 2.05) is 0 Å². The van der Waals surface area contributed by atoms with Gasteiger partial charge in [0.1, 0.15) is 5.76 Å². The number of halogens is 1. The Kier molecular flexibility index (Phi) is 14.9. The van der Waals surface area contributed by atoms with Crippen LogP contribution in [0.5, 0.6) is 0 Å². The van der Waals surface area contributed by atoms with Crippen LogP contribution in [-0.2, 0) is 10.0 Å². The second-order valence-electron chi connectivity index (χ2n) is 9.27. The number of nitrogens with zero attached hydrogens (tertiary/aromatic N) is 6. The Bertz CT molecular complexity index is 1280. The molecule has 0 radical (unpaired) electrons. The Balaban J connectivity index is -0.000000593. The van der Waals surface area contributed by atoms with Gasteiger partial charge in [0.25, 0.3) is 10.0 Å². The molecule has 0 saturated carbocycles. The molecule has 240 valence electrons. The minimum Gasteiger partial charge on any atom is -0.428 e. The van der Waals surface area contributed by atoms with Crippen LogP contribution >= 0.6 is 12.4 Å². The molecule has 2 aromatic heterocycles. The molecule has 0 unspecified atom stereocenters. The predicted molar refractivity (Wildman–Crippen MR) is 174 cm³/mol. The molecule has 3 aromatic rings. The smallest absolute Gasteiger partial charge is 0.309 e. The fourth-order valence-corrected chi connectivity index (χ4v) is 5.35. The minimum atomic E-state index is -3.84. The second-order valence-corrected chi connectivity index (χ2v) is 11.0. The normalized spacial score (nSPS) is 14.7. The molecule has 0 aliphatic carbocycles. The lowest BCUT2D eigenvalue weighted by molar-refractivity contribution is 0.541. The van der Waals surface area contributed by atoms with E-state index in [0.29, 0.717) is 35.0 Å². The SMILES string of the molecule is Cc1nc(NS(=O)(=O)c2ccc(Nc3nc(N4CCCCC4)nc(N4CCCCC4)n3)cc2)oc1C.Cl.N.N.N.N.[HH].[HH].[HH].[HH]. The monoisotopic (exact) mass is 624 g/mol. The van der Waals surface area contributed by atoms with Crippen LogP contribution in [0.1, 0.15) is 55.7 Å². The highest BCUT2D eigenvalue weighted by Gasteiger charge is 2.21. The summed E-state index contributed by atoms with van der Waals surface area (Å²) in [6, 6.07) is 6.36. The number of aromatic nitrogens is 4. The number of hydrogen-bond acceptors (Lipinski definition) is 14. The van der Waals surface area contributed by atoms with Crippen molar-refractivity contribution in [3.8, 4) is 0 Å². The van der Waals surface area contributed by atoms with Gasteiger partial charge in [-0.3, -0.25) is 0 Å². The van der Waals surface area contributed by atoms with Crippen LogP contribution in [0.15, 0.2) is 33.6 Å². The first-order chi connectivity index (χ1) is 17.4. The van der Waals surface area contributed by atoms with E-state index in [1.165, 1.54) is 25.0 Å². The third kappa shape index (κ3) is 9.11. The first kappa shape index (κ1) is 37.7. The van der Waals surface area contributed by atoms with Crippen molar-refractivity contribution in [1.82, 2.24) is 44.5 Å². The van der Waals surface area contributed by atoms with Gasteiger partial charge in [-0.05, 0) is 76.6 Å². The minimum absolute atomic E-state index is 0. The molecule has 5 rings (SSSR count). The zero-order valence-electron chi connectivity index (χ0n) is 23.9. The largest absolute Gasteiger partial charge is 0.428 e. The van der Waals surface area contributed by atoms with E-state index < -0.39 is 10.0 Å². The van der Waals surface area contributed by atoms with Gasteiger partial charge in [-0.15, -0.1) is 12.4 Å². The average Bonchev–Trinajstić information content (AvgIpc) is 3.20. The fraction of sp³-hybridized carbons (Fsp3) is 0.500. The highest BCUT2D eigenvalue weighted by molar-refractivity contribution is 7.92. The molecule has 2 fully saturated rings. The topological polar surface area (TPSA) is 269 Å². The van der Waals surface area contributed by atoms with E-state index in [0.717, 1.165) is 51.9 Å². The Hall–Kier alpha value is -3.28. The molecule has 15 nitrogen and oxygen atoms in total. The van der Waals surface area contributed by atoms with E-state index in [1.54, 1.807) is 26.0 Å². The third-order valence-corrected chi connectivity index (χ3v) is 7.90. The molecule has 2 saturated heterocycles. The van der Waals surface area contributed by atoms with Crippen LogP contribution in [0, 0.1) is 13.8 Å². The van der Waals surface area contributed by atoms with Gasteiger partial charge in [0.05, 0.1) is 10.6 Å². The lowest BCUT2D eigenvalue weighted by Crippen LogP contribution is -2.34. The van der Waals surface area contributed by atoms with Crippen LogP contribution in [0.2, 0.25) is 0 Å². The summed E-state index contributed by atoms with van der Waals surface area (Å²) < 4.78 is 33.2. The molecular formula is C24H53ClN12O3S. The molecule has 4 heterocycles. The summed E-state index contributed by atoms with van der Waals surface area (Å²) in [4.78, 5) is 22.8. The van der Waals surface area contributed by atoms with E-state index in [9.17, 15) is 8.42 Å². The van der Waals surface area contributed by atoms with Gasteiger partial charge < -0.3 is 44.1 Å². The quantitative estimate of drug-likeness (QED) is 0.174. The summed E-state index contributed by atoms with van der Waals surface area (Å²) in [5, 5.41) is 3.24. The molecule has 0 bridgehead atoms. The Labute approximate surface area is 254 Å². The van der Waals surface area contributed by atoms with E-state index in [4.69, 9.17) is 19.4 Å². The lowest BCUT2D eigenvalue weighted by Gasteiger charge is -2.30. The van der Waals surface area contributed by atoms with E-state index >= 15 is 0 Å². The third-order valence-electron chi connectivity index (χ3n) is 6.56. The number of nitrogens with one attached hydrogen (secondary N) is 2. The Morgan fingerprint density at radius 2 is 1.24 bits per heavy atom. The molecular weight excluding hydrogens is 572 g/mol. The second kappa shape index (κ2) is 16.2. The number of oxazole rings is 1. The van der Waals surface area contributed by atoms with Crippen molar-refractivity contribution in [2.45, 2.75) is 57.3 Å². The van der Waals surface area contributed by atoms with Gasteiger partial charge in [0.15, 0.2) is 0 Å². The Morgan fingerprint density at radius 3 is 1.68 bits per heavy atom. The van der Waals surface area contributed by atoms with Gasteiger partial charge >= 0.3 is 6.01 Å². The number of sulfonamides is 1. The van der Waals surface area contributed by atoms with Crippen LogP contribution < -0.4 is 44.4 Å². The van der Waals surface area contributed by atoms with Crippen molar-refractivity contribution in [3.63, 3.8) is 0 Å². The fourth-order valence-electron chi connectivity index (χ4n) is 4.42. The van der Waals surface area contributed by atoms with Crippen LogP contribution in [0.3, 0.4) is 0 Å². The van der Waals surface area contributed by atoms with Crippen molar-refractivity contribution in [3.05, 3.63) is 35.7 Å². The summed E-state index contributed by atoms with van der Waals surface area (Å²) in [6.07, 6.45) is 6.97. The number of hydrogen-bond donors (Lipinski definition) is 6. The van der Waals surface area contributed by atoms with E-state index in [2.05, 4.69) is 24.8 Å². The summed E-state index contributed by atoms with van der Waals surface area (Å²) in [7, 11) is -3.84. The molecule has 17 heteroatoms. The van der Waals surface area contributed by atoms with Crippen LogP contribution in [-0.4, -0.2) is 54.5 Å². The summed E-state index contributed by atoms with van der Waals surface area (Å²) in [5.41, 5.74) is 1.31. The first-order valence-corrected chi connectivity index (χ1v) is 14.0. The van der Waals surface area contributed by atoms with Crippen LogP contribution in [0.25, 0.3) is 0 Å². The highest BCUT2D eigenvalue weighted by Crippen LogP contribution is 2.25. The summed E-state index contributed by atoms with van der Waals surface area (Å²) in [5.74, 6) is 2.39. The number of piperidine rings is 2. The van der Waals surface area contributed by atoms with E-state index in [-0.39, 0.29) is 53.6 Å². The van der Waals surface area contributed by atoms with Crippen molar-refractivity contribution in [2.24, 2.45) is 0 Å². The molecule has 2 aliphatic rings. The van der Waals surface area contributed by atoms with Gasteiger partial charge in [0, 0.05) is 37.6 Å². The van der Waals surface area contributed by atoms with Gasteiger partial charge in [0.2, 0.25) is 17.8 Å². The molecule has 0 spiro atoms. The highest BCUT2D eigenvalue weighted by atomic mass is 35.5. The number of anilines is 5. The van der Waals surface area contributed by atoms with Crippen molar-refractivity contribution in [2.75, 3.05) is 46.0 Å². The first-order valence-electron chi connectivity index (χ1n) is 12.5. The molecule has 0 atom stereocenters. The summed E-state index contributed by atoms with van der Waals surface area (Å²) in [6.45, 7) is 7.23. The zero-order valence-corrected chi connectivity index (χ0v) is 25.6. The lowest BCUT2D eigenvalue weighted by atomic mass is 10.1. The maximum atomic E-state index is 12.8. The van der Waals surface area contributed by atoms with Gasteiger partial charge in [-0.25, -0.2) is 13.1 Å². The van der Waals surface area contributed by atoms with Crippen molar-refractivity contribution < 1.29 is 18.5 Å². The molecule has 14 N–H and O–H groups in total. The maximum absolute atomic E-state index is 12.8. The number of benzene rings is 1. The van der Waals surface area contributed by atoms with Gasteiger partial charge in [-0.2, -0.15) is 19.9 Å². The average molecular weight is 625 g/mol. The zero-order chi connectivity index (χ0) is 25.1. The Morgan fingerprint density at radius 1 is 0.756 bits per heavy atom.